The van der Waals surface area contributed by atoms with E-state index in [0.717, 1.165) is 49.2 Å². The van der Waals surface area contributed by atoms with Crippen LogP contribution in [0.25, 0.3) is 11.0 Å². The topological polar surface area (TPSA) is 79.1 Å². The van der Waals surface area contributed by atoms with Crippen molar-refractivity contribution in [3.05, 3.63) is 30.1 Å². The minimum Gasteiger partial charge on any atom is -0.370 e. The number of H-pyrrole nitrogens is 1. The molecule has 0 fully saturated rings. The number of unbranched alkanes of at least 4 members (excludes halogenated alkanes) is 3. The summed E-state index contributed by atoms with van der Waals surface area (Å²) < 4.78 is 0. The number of fused-ring (bicyclic) bond motifs is 1. The van der Waals surface area contributed by atoms with E-state index in [1.165, 1.54) is 19.3 Å². The predicted molar refractivity (Wildman–Crippen MR) is 93.0 cm³/mol. The summed E-state index contributed by atoms with van der Waals surface area (Å²) in [6.45, 7) is 3.86. The highest BCUT2D eigenvalue weighted by molar-refractivity contribution is 5.77. The number of nitrogens with two attached hydrogens (primary N) is 1. The number of hydrogen-bond acceptors (Lipinski definition) is 2. The van der Waals surface area contributed by atoms with Gasteiger partial charge >= 0.3 is 0 Å². The maximum absolute atomic E-state index is 5.84. The largest absolute Gasteiger partial charge is 0.370 e. The Labute approximate surface area is 132 Å². The van der Waals surface area contributed by atoms with Crippen LogP contribution < -0.4 is 11.1 Å². The Morgan fingerprint density at radius 3 is 2.91 bits per heavy atom. The van der Waals surface area contributed by atoms with Crippen LogP contribution in [0.1, 0.15) is 44.9 Å². The van der Waals surface area contributed by atoms with Gasteiger partial charge in [-0.2, -0.15) is 0 Å². The van der Waals surface area contributed by atoms with Crippen LogP contribution in [0.5, 0.6) is 0 Å². The van der Waals surface area contributed by atoms with Crippen molar-refractivity contribution in [2.24, 2.45) is 10.7 Å². The smallest absolute Gasteiger partial charge is 0.188 e. The molecule has 0 radical (unpaired) electrons. The molecule has 5 heteroatoms. The Morgan fingerprint density at radius 2 is 2.09 bits per heavy atom. The zero-order chi connectivity index (χ0) is 15.6. The molecule has 120 valence electrons. The van der Waals surface area contributed by atoms with Gasteiger partial charge in [0.2, 0.25) is 0 Å². The molecule has 0 amide bonds. The first-order valence-corrected chi connectivity index (χ1v) is 8.27. The van der Waals surface area contributed by atoms with Crippen molar-refractivity contribution < 1.29 is 0 Å². The number of rotatable bonds is 9. The third kappa shape index (κ3) is 5.39. The first kappa shape index (κ1) is 16.3. The summed E-state index contributed by atoms with van der Waals surface area (Å²) in [6.07, 6.45) is 6.79. The Kier molecular flexibility index (Phi) is 6.74. The van der Waals surface area contributed by atoms with E-state index in [1.54, 1.807) is 0 Å². The van der Waals surface area contributed by atoms with Crippen molar-refractivity contribution in [2.45, 2.75) is 45.4 Å². The molecule has 0 saturated carbocycles. The number of aromatic nitrogens is 2. The van der Waals surface area contributed by atoms with E-state index in [9.17, 15) is 0 Å². The standard InChI is InChI=1S/C17H27N5/c1-2-3-4-7-12-19-17(18)20-13-8-11-16-21-14-9-5-6-10-15(14)22-16/h5-6,9-10H,2-4,7-8,11-13H2,1H3,(H,21,22)(H3,18,19,20). The average molecular weight is 301 g/mol. The molecular formula is C17H27N5. The zero-order valence-electron chi connectivity index (χ0n) is 13.4. The summed E-state index contributed by atoms with van der Waals surface area (Å²) in [7, 11) is 0. The number of para-hydroxylation sites is 2. The van der Waals surface area contributed by atoms with Gasteiger partial charge in [0, 0.05) is 19.5 Å². The van der Waals surface area contributed by atoms with Gasteiger partial charge in [0.15, 0.2) is 5.96 Å². The van der Waals surface area contributed by atoms with Gasteiger partial charge in [-0.3, -0.25) is 4.99 Å². The third-order valence-electron chi connectivity index (χ3n) is 3.63. The fraction of sp³-hybridized carbons (Fsp3) is 0.529. The quantitative estimate of drug-likeness (QED) is 0.378. The number of guanidine groups is 1. The van der Waals surface area contributed by atoms with Crippen molar-refractivity contribution in [3.8, 4) is 0 Å². The highest BCUT2D eigenvalue weighted by Gasteiger charge is 2.01. The van der Waals surface area contributed by atoms with Crippen LogP contribution >= 0.6 is 0 Å². The molecule has 1 heterocycles. The SMILES string of the molecule is CCCCCCNC(N)=NCCCc1nc2ccccc2[nH]1. The van der Waals surface area contributed by atoms with Gasteiger partial charge in [-0.1, -0.05) is 38.3 Å². The number of nitrogens with zero attached hydrogens (tertiary/aromatic N) is 2. The lowest BCUT2D eigenvalue weighted by atomic mass is 10.2. The monoisotopic (exact) mass is 301 g/mol. The fourth-order valence-corrected chi connectivity index (χ4v) is 2.39. The zero-order valence-corrected chi connectivity index (χ0v) is 13.4. The molecule has 0 aliphatic rings. The third-order valence-corrected chi connectivity index (χ3v) is 3.63. The summed E-state index contributed by atoms with van der Waals surface area (Å²) in [5.74, 6) is 1.57. The van der Waals surface area contributed by atoms with Gasteiger partial charge < -0.3 is 16.0 Å². The highest BCUT2D eigenvalue weighted by atomic mass is 15.1. The van der Waals surface area contributed by atoms with Gasteiger partial charge in [0.1, 0.15) is 5.82 Å². The first-order valence-electron chi connectivity index (χ1n) is 8.27. The van der Waals surface area contributed by atoms with Crippen LogP contribution in [0.15, 0.2) is 29.3 Å². The van der Waals surface area contributed by atoms with Gasteiger partial charge in [-0.05, 0) is 25.0 Å². The number of aromatic amines is 1. The van der Waals surface area contributed by atoms with Crippen molar-refractivity contribution >= 4 is 17.0 Å². The molecule has 0 atom stereocenters. The summed E-state index contributed by atoms with van der Waals surface area (Å²) in [4.78, 5) is 12.2. The molecule has 0 unspecified atom stereocenters. The summed E-state index contributed by atoms with van der Waals surface area (Å²) in [5.41, 5.74) is 7.96. The number of benzene rings is 1. The van der Waals surface area contributed by atoms with Gasteiger partial charge in [-0.25, -0.2) is 4.98 Å². The van der Waals surface area contributed by atoms with Crippen LogP contribution in [0.2, 0.25) is 0 Å². The van der Waals surface area contributed by atoms with Crippen molar-refractivity contribution in [3.63, 3.8) is 0 Å². The Bertz CT molecular complexity index is 555. The second-order valence-electron chi connectivity index (χ2n) is 5.56. The average Bonchev–Trinajstić information content (AvgIpc) is 2.94. The van der Waals surface area contributed by atoms with Gasteiger partial charge in [0.05, 0.1) is 11.0 Å². The molecule has 5 nitrogen and oxygen atoms in total. The van der Waals surface area contributed by atoms with Crippen LogP contribution in [0.4, 0.5) is 0 Å². The number of aryl methyl sites for hydroxylation is 1. The van der Waals surface area contributed by atoms with E-state index >= 15 is 0 Å². The molecule has 0 saturated heterocycles. The Balaban J connectivity index is 1.64. The number of nitrogens with one attached hydrogen (secondary N) is 2. The van der Waals surface area contributed by atoms with E-state index in [-0.39, 0.29) is 0 Å². The van der Waals surface area contributed by atoms with E-state index < -0.39 is 0 Å². The second-order valence-corrected chi connectivity index (χ2v) is 5.56. The second kappa shape index (κ2) is 9.07. The lowest BCUT2D eigenvalue weighted by molar-refractivity contribution is 0.651. The molecular weight excluding hydrogens is 274 g/mol. The molecule has 0 bridgehead atoms. The summed E-state index contributed by atoms with van der Waals surface area (Å²) in [5, 5.41) is 3.17. The van der Waals surface area contributed by atoms with Crippen LogP contribution in [0, 0.1) is 0 Å². The molecule has 2 rings (SSSR count). The van der Waals surface area contributed by atoms with E-state index in [4.69, 9.17) is 5.73 Å². The first-order chi connectivity index (χ1) is 10.8. The normalized spacial score (nSPS) is 12.0. The predicted octanol–water partition coefficient (Wildman–Crippen LogP) is 2.98. The molecule has 0 spiro atoms. The maximum Gasteiger partial charge on any atom is 0.188 e. The van der Waals surface area contributed by atoms with Crippen LogP contribution in [-0.4, -0.2) is 29.0 Å². The molecule has 4 N–H and O–H groups in total. The minimum atomic E-state index is 0.557. The lowest BCUT2D eigenvalue weighted by Gasteiger charge is -2.04. The molecule has 0 aliphatic carbocycles. The Hall–Kier alpha value is -2.04. The van der Waals surface area contributed by atoms with E-state index in [1.807, 2.05) is 24.3 Å². The number of imidazole rings is 1. The van der Waals surface area contributed by atoms with Gasteiger partial charge in [0.25, 0.3) is 0 Å². The summed E-state index contributed by atoms with van der Waals surface area (Å²) >= 11 is 0. The molecule has 1 aromatic heterocycles. The highest BCUT2D eigenvalue weighted by Crippen LogP contribution is 2.11. The van der Waals surface area contributed by atoms with Crippen molar-refractivity contribution in [1.29, 1.82) is 0 Å². The Morgan fingerprint density at radius 1 is 1.23 bits per heavy atom. The van der Waals surface area contributed by atoms with Crippen LogP contribution in [-0.2, 0) is 6.42 Å². The van der Waals surface area contributed by atoms with Gasteiger partial charge in [-0.15, -0.1) is 0 Å². The lowest BCUT2D eigenvalue weighted by Crippen LogP contribution is -2.32. The van der Waals surface area contributed by atoms with Crippen molar-refractivity contribution in [2.75, 3.05) is 13.1 Å². The maximum atomic E-state index is 5.84. The number of hydrogen-bond donors (Lipinski definition) is 3. The molecule has 22 heavy (non-hydrogen) atoms. The van der Waals surface area contributed by atoms with Crippen LogP contribution in [0.3, 0.4) is 0 Å². The van der Waals surface area contributed by atoms with E-state index in [2.05, 4.69) is 27.2 Å². The fourth-order valence-electron chi connectivity index (χ4n) is 2.39. The molecule has 1 aromatic carbocycles. The molecule has 0 aliphatic heterocycles. The molecule has 2 aromatic rings. The summed E-state index contributed by atoms with van der Waals surface area (Å²) in [6, 6.07) is 8.09. The van der Waals surface area contributed by atoms with Crippen molar-refractivity contribution in [1.82, 2.24) is 15.3 Å². The minimum absolute atomic E-state index is 0.557. The number of aliphatic imine (C=N–C) groups is 1. The van der Waals surface area contributed by atoms with E-state index in [0.29, 0.717) is 5.96 Å².